The first-order valence-corrected chi connectivity index (χ1v) is 7.95. The quantitative estimate of drug-likeness (QED) is 0.271. The fourth-order valence-corrected chi connectivity index (χ4v) is 1.94. The van der Waals surface area contributed by atoms with Crippen molar-refractivity contribution < 1.29 is 9.47 Å². The molecule has 0 aromatic heterocycles. The lowest BCUT2D eigenvalue weighted by Gasteiger charge is -2.15. The van der Waals surface area contributed by atoms with E-state index in [0.717, 1.165) is 43.5 Å². The number of ether oxygens (including phenoxy) is 2. The van der Waals surface area contributed by atoms with Crippen molar-refractivity contribution in [2.24, 2.45) is 4.99 Å². The second-order valence-corrected chi connectivity index (χ2v) is 5.01. The lowest BCUT2D eigenvalue weighted by molar-refractivity contribution is 0.152. The summed E-state index contributed by atoms with van der Waals surface area (Å²) in [7, 11) is 1.76. The molecule has 0 fully saturated rings. The van der Waals surface area contributed by atoms with Gasteiger partial charge in [0, 0.05) is 32.3 Å². The van der Waals surface area contributed by atoms with Crippen molar-refractivity contribution in [3.63, 3.8) is 0 Å². The molecule has 1 aromatic rings. The van der Waals surface area contributed by atoms with Crippen LogP contribution >= 0.6 is 24.0 Å². The zero-order chi connectivity index (χ0) is 16.2. The number of hydrogen-bond donors (Lipinski definition) is 2. The number of halogens is 1. The van der Waals surface area contributed by atoms with Crippen molar-refractivity contribution in [2.75, 3.05) is 33.4 Å². The van der Waals surface area contributed by atoms with E-state index in [1.165, 1.54) is 5.56 Å². The number of hydrogen-bond acceptors (Lipinski definition) is 3. The number of guanidine groups is 1. The fourth-order valence-electron chi connectivity index (χ4n) is 1.94. The van der Waals surface area contributed by atoms with Crippen LogP contribution in [0.1, 0.15) is 31.4 Å². The number of nitrogens with one attached hydrogen (secondary N) is 2. The van der Waals surface area contributed by atoms with Crippen LogP contribution < -0.4 is 15.4 Å². The molecule has 0 amide bonds. The Hall–Kier alpha value is -1.02. The van der Waals surface area contributed by atoms with Crippen molar-refractivity contribution in [2.45, 2.75) is 33.7 Å². The highest BCUT2D eigenvalue weighted by atomic mass is 127. The number of aryl methyl sites for hydroxylation is 1. The zero-order valence-corrected chi connectivity index (χ0v) is 17.0. The molecule has 0 bridgehead atoms. The number of benzene rings is 1. The molecule has 0 saturated carbocycles. The van der Waals surface area contributed by atoms with Crippen LogP contribution in [-0.2, 0) is 11.3 Å². The smallest absolute Gasteiger partial charge is 0.191 e. The van der Waals surface area contributed by atoms with E-state index in [9.17, 15) is 0 Å². The van der Waals surface area contributed by atoms with E-state index in [-0.39, 0.29) is 24.0 Å². The van der Waals surface area contributed by atoms with Crippen LogP contribution in [-0.4, -0.2) is 39.4 Å². The van der Waals surface area contributed by atoms with Crippen molar-refractivity contribution >= 4 is 29.9 Å². The summed E-state index contributed by atoms with van der Waals surface area (Å²) in [6.07, 6.45) is 1.00. The van der Waals surface area contributed by atoms with Crippen LogP contribution in [0.2, 0.25) is 0 Å². The highest BCUT2D eigenvalue weighted by Gasteiger charge is 2.05. The topological polar surface area (TPSA) is 54.9 Å². The molecule has 6 heteroatoms. The van der Waals surface area contributed by atoms with Crippen LogP contribution in [0.15, 0.2) is 23.2 Å². The second-order valence-electron chi connectivity index (χ2n) is 5.01. The predicted octanol–water partition coefficient (Wildman–Crippen LogP) is 3.10. The Morgan fingerprint density at radius 2 is 1.96 bits per heavy atom. The van der Waals surface area contributed by atoms with Crippen molar-refractivity contribution in [3.8, 4) is 5.75 Å². The molecule has 0 saturated heterocycles. The van der Waals surface area contributed by atoms with Gasteiger partial charge in [-0.05, 0) is 31.9 Å². The monoisotopic (exact) mass is 435 g/mol. The third kappa shape index (κ3) is 9.00. The summed E-state index contributed by atoms with van der Waals surface area (Å²) in [5, 5.41) is 6.52. The summed E-state index contributed by atoms with van der Waals surface area (Å²) in [5.41, 5.74) is 2.33. The van der Waals surface area contributed by atoms with E-state index >= 15 is 0 Å². The molecule has 1 rings (SSSR count). The average Bonchev–Trinajstić information content (AvgIpc) is 2.53. The largest absolute Gasteiger partial charge is 0.493 e. The van der Waals surface area contributed by atoms with Gasteiger partial charge in [0.15, 0.2) is 5.96 Å². The second kappa shape index (κ2) is 13.4. The SMILES string of the molecule is CCCOc1cc(C)ccc1CNC(=NC)NCCOCC.I. The maximum atomic E-state index is 5.83. The van der Waals surface area contributed by atoms with Crippen molar-refractivity contribution in [1.29, 1.82) is 0 Å². The standard InChI is InChI=1S/C17H29N3O2.HI/c1-5-10-22-16-12-14(3)7-8-15(16)13-20-17(18-4)19-9-11-21-6-2;/h7-8,12H,5-6,9-11,13H2,1-4H3,(H2,18,19,20);1H. The van der Waals surface area contributed by atoms with Gasteiger partial charge in [-0.3, -0.25) is 4.99 Å². The molecule has 2 N–H and O–H groups in total. The Kier molecular flexibility index (Phi) is 12.8. The Balaban J connectivity index is 0.00000484. The average molecular weight is 435 g/mol. The summed E-state index contributed by atoms with van der Waals surface area (Å²) in [5.74, 6) is 1.71. The molecule has 0 radical (unpaired) electrons. The Labute approximate surface area is 157 Å². The summed E-state index contributed by atoms with van der Waals surface area (Å²) in [6, 6.07) is 6.28. The fraction of sp³-hybridized carbons (Fsp3) is 0.588. The molecule has 5 nitrogen and oxygen atoms in total. The Morgan fingerprint density at radius 3 is 2.61 bits per heavy atom. The molecule has 0 aliphatic rings. The van der Waals surface area contributed by atoms with E-state index < -0.39 is 0 Å². The first-order valence-electron chi connectivity index (χ1n) is 7.95. The van der Waals surface area contributed by atoms with Gasteiger partial charge in [0.25, 0.3) is 0 Å². The molecule has 0 atom stereocenters. The van der Waals surface area contributed by atoms with Gasteiger partial charge in [0.2, 0.25) is 0 Å². The van der Waals surface area contributed by atoms with Crippen molar-refractivity contribution in [3.05, 3.63) is 29.3 Å². The van der Waals surface area contributed by atoms with Crippen LogP contribution in [0, 0.1) is 6.92 Å². The van der Waals surface area contributed by atoms with Gasteiger partial charge in [0.1, 0.15) is 5.75 Å². The van der Waals surface area contributed by atoms with Gasteiger partial charge < -0.3 is 20.1 Å². The van der Waals surface area contributed by atoms with Gasteiger partial charge in [0.05, 0.1) is 13.2 Å². The van der Waals surface area contributed by atoms with E-state index in [0.29, 0.717) is 13.2 Å². The molecule has 0 heterocycles. The Bertz CT molecular complexity index is 467. The molecule has 0 spiro atoms. The predicted molar refractivity (Wildman–Crippen MR) is 107 cm³/mol. The number of rotatable bonds is 9. The molecule has 1 aromatic carbocycles. The van der Waals surface area contributed by atoms with E-state index in [4.69, 9.17) is 9.47 Å². The third-order valence-electron chi connectivity index (χ3n) is 3.10. The molecule has 132 valence electrons. The maximum Gasteiger partial charge on any atom is 0.191 e. The van der Waals surface area contributed by atoms with Crippen LogP contribution in [0.3, 0.4) is 0 Å². The molecular weight excluding hydrogens is 405 g/mol. The minimum Gasteiger partial charge on any atom is -0.493 e. The molecule has 23 heavy (non-hydrogen) atoms. The number of nitrogens with zero attached hydrogens (tertiary/aromatic N) is 1. The third-order valence-corrected chi connectivity index (χ3v) is 3.10. The van der Waals surface area contributed by atoms with Crippen molar-refractivity contribution in [1.82, 2.24) is 10.6 Å². The van der Waals surface area contributed by atoms with E-state index in [2.05, 4.69) is 47.7 Å². The molecule has 0 aliphatic heterocycles. The van der Waals surface area contributed by atoms with Gasteiger partial charge in [-0.25, -0.2) is 0 Å². The lowest BCUT2D eigenvalue weighted by Crippen LogP contribution is -2.38. The first kappa shape index (κ1) is 22.0. The normalized spacial score (nSPS) is 10.9. The van der Waals surface area contributed by atoms with E-state index in [1.807, 2.05) is 6.92 Å². The van der Waals surface area contributed by atoms with Gasteiger partial charge in [-0.2, -0.15) is 0 Å². The first-order chi connectivity index (χ1) is 10.7. The minimum atomic E-state index is 0. The lowest BCUT2D eigenvalue weighted by atomic mass is 10.1. The molecule has 0 unspecified atom stereocenters. The van der Waals surface area contributed by atoms with Crippen LogP contribution in [0.5, 0.6) is 5.75 Å². The zero-order valence-electron chi connectivity index (χ0n) is 14.6. The molecule has 0 aliphatic carbocycles. The number of aliphatic imine (C=N–C) groups is 1. The summed E-state index contributed by atoms with van der Waals surface area (Å²) < 4.78 is 11.1. The minimum absolute atomic E-state index is 0. The summed E-state index contributed by atoms with van der Waals surface area (Å²) in [6.45, 7) is 9.72. The van der Waals surface area contributed by atoms with Gasteiger partial charge >= 0.3 is 0 Å². The molecular formula is C17H30IN3O2. The maximum absolute atomic E-state index is 5.83. The highest BCUT2D eigenvalue weighted by molar-refractivity contribution is 14.0. The van der Waals surface area contributed by atoms with Crippen LogP contribution in [0.25, 0.3) is 0 Å². The highest BCUT2D eigenvalue weighted by Crippen LogP contribution is 2.20. The van der Waals surface area contributed by atoms with Crippen LogP contribution in [0.4, 0.5) is 0 Å². The summed E-state index contributed by atoms with van der Waals surface area (Å²) in [4.78, 5) is 4.21. The van der Waals surface area contributed by atoms with Gasteiger partial charge in [-0.15, -0.1) is 24.0 Å². The van der Waals surface area contributed by atoms with E-state index in [1.54, 1.807) is 7.05 Å². The van der Waals surface area contributed by atoms with Gasteiger partial charge in [-0.1, -0.05) is 19.1 Å². The summed E-state index contributed by atoms with van der Waals surface area (Å²) >= 11 is 0. The Morgan fingerprint density at radius 1 is 1.17 bits per heavy atom.